The molecule has 1 rings (SSSR count). The third kappa shape index (κ3) is 4.88. The minimum Gasteiger partial charge on any atom is -0.467 e. The van der Waals surface area contributed by atoms with Gasteiger partial charge in [-0.05, 0) is 24.1 Å². The lowest BCUT2D eigenvalue weighted by atomic mass is 10.2. The molecule has 0 aromatic heterocycles. The Morgan fingerprint density at radius 2 is 2.00 bits per heavy atom. The average molecular weight is 301 g/mol. The zero-order valence-corrected chi connectivity index (χ0v) is 11.7. The number of carbonyl (C=O) groups is 1. The Labute approximate surface area is 110 Å². The normalized spacial score (nSPS) is 12.2. The summed E-state index contributed by atoms with van der Waals surface area (Å²) in [6, 6.07) is 7.83. The first-order valence-electron chi connectivity index (χ1n) is 5.61. The lowest BCUT2D eigenvalue weighted by molar-refractivity contribution is -0.155. The van der Waals surface area contributed by atoms with Crippen LogP contribution in [-0.2, 0) is 20.9 Å². The summed E-state index contributed by atoms with van der Waals surface area (Å²) in [6.45, 7) is 2.44. The maximum absolute atomic E-state index is 11.4. The zero-order chi connectivity index (χ0) is 12.7. The molecule has 94 valence electrons. The first-order valence-corrected chi connectivity index (χ1v) is 6.40. The highest BCUT2D eigenvalue weighted by molar-refractivity contribution is 9.10. The van der Waals surface area contributed by atoms with Crippen molar-refractivity contribution in [2.45, 2.75) is 32.5 Å². The maximum atomic E-state index is 11.4. The third-order valence-corrected chi connectivity index (χ3v) is 2.91. The summed E-state index contributed by atoms with van der Waals surface area (Å²) >= 11 is 3.37. The van der Waals surface area contributed by atoms with E-state index in [1.165, 1.54) is 7.11 Å². The van der Waals surface area contributed by atoms with Crippen molar-refractivity contribution in [3.05, 3.63) is 34.3 Å². The van der Waals surface area contributed by atoms with E-state index in [9.17, 15) is 4.79 Å². The van der Waals surface area contributed by atoms with Crippen LogP contribution in [0.1, 0.15) is 25.3 Å². The number of halogens is 1. The van der Waals surface area contributed by atoms with Gasteiger partial charge >= 0.3 is 5.97 Å². The second-order valence-electron chi connectivity index (χ2n) is 3.74. The lowest BCUT2D eigenvalue weighted by Crippen LogP contribution is -2.25. The fourth-order valence-electron chi connectivity index (χ4n) is 1.44. The summed E-state index contributed by atoms with van der Waals surface area (Å²) in [7, 11) is 1.38. The SMILES string of the molecule is CCC[C@H](OCc1ccc(Br)cc1)C(=O)OC. The van der Waals surface area contributed by atoms with E-state index in [1.54, 1.807) is 0 Å². The molecule has 3 nitrogen and oxygen atoms in total. The molecule has 1 aromatic rings. The standard InChI is InChI=1S/C13H17BrO3/c1-3-4-12(13(15)16-2)17-9-10-5-7-11(14)8-6-10/h5-8,12H,3-4,9H2,1-2H3/t12-/m0/s1. The number of hydrogen-bond donors (Lipinski definition) is 0. The van der Waals surface area contributed by atoms with Crippen LogP contribution in [-0.4, -0.2) is 19.2 Å². The van der Waals surface area contributed by atoms with Crippen LogP contribution in [0.15, 0.2) is 28.7 Å². The van der Waals surface area contributed by atoms with Crippen LogP contribution in [0, 0.1) is 0 Å². The van der Waals surface area contributed by atoms with Crippen molar-refractivity contribution >= 4 is 21.9 Å². The predicted molar refractivity (Wildman–Crippen MR) is 69.6 cm³/mol. The highest BCUT2D eigenvalue weighted by Crippen LogP contribution is 2.13. The van der Waals surface area contributed by atoms with Gasteiger partial charge in [-0.15, -0.1) is 0 Å². The molecule has 0 aliphatic carbocycles. The van der Waals surface area contributed by atoms with E-state index in [2.05, 4.69) is 15.9 Å². The number of carbonyl (C=O) groups excluding carboxylic acids is 1. The van der Waals surface area contributed by atoms with Crippen LogP contribution < -0.4 is 0 Å². The first kappa shape index (κ1) is 14.2. The van der Waals surface area contributed by atoms with Gasteiger partial charge in [0.05, 0.1) is 13.7 Å². The molecule has 0 saturated heterocycles. The molecule has 0 saturated carbocycles. The highest BCUT2D eigenvalue weighted by Gasteiger charge is 2.18. The van der Waals surface area contributed by atoms with Crippen molar-refractivity contribution in [3.63, 3.8) is 0 Å². The molecule has 0 unspecified atom stereocenters. The summed E-state index contributed by atoms with van der Waals surface area (Å²) in [6.07, 6.45) is 1.11. The Bertz CT molecular complexity index is 348. The largest absolute Gasteiger partial charge is 0.467 e. The predicted octanol–water partition coefficient (Wildman–Crippen LogP) is 3.31. The monoisotopic (exact) mass is 300 g/mol. The van der Waals surface area contributed by atoms with Crippen LogP contribution in [0.5, 0.6) is 0 Å². The molecule has 0 radical (unpaired) electrons. The van der Waals surface area contributed by atoms with Crippen molar-refractivity contribution in [2.24, 2.45) is 0 Å². The molecule has 0 amide bonds. The average Bonchev–Trinajstić information content (AvgIpc) is 2.35. The van der Waals surface area contributed by atoms with Gasteiger partial charge in [-0.1, -0.05) is 41.4 Å². The Kier molecular flexibility index (Phi) is 6.22. The molecule has 0 fully saturated rings. The molecule has 0 aliphatic rings. The zero-order valence-electron chi connectivity index (χ0n) is 10.1. The van der Waals surface area contributed by atoms with Crippen LogP contribution in [0.3, 0.4) is 0 Å². The van der Waals surface area contributed by atoms with E-state index < -0.39 is 6.10 Å². The second kappa shape index (κ2) is 7.45. The molecule has 0 aliphatic heterocycles. The Morgan fingerprint density at radius 1 is 1.35 bits per heavy atom. The Hall–Kier alpha value is -0.870. The molecule has 1 atom stereocenters. The maximum Gasteiger partial charge on any atom is 0.334 e. The van der Waals surface area contributed by atoms with E-state index in [1.807, 2.05) is 31.2 Å². The quantitative estimate of drug-likeness (QED) is 0.756. The van der Waals surface area contributed by atoms with Gasteiger partial charge in [0, 0.05) is 4.47 Å². The van der Waals surface area contributed by atoms with Gasteiger partial charge in [0.15, 0.2) is 6.10 Å². The van der Waals surface area contributed by atoms with Crippen molar-refractivity contribution in [2.75, 3.05) is 7.11 Å². The Morgan fingerprint density at radius 3 is 2.53 bits per heavy atom. The van der Waals surface area contributed by atoms with Gasteiger partial charge in [-0.3, -0.25) is 0 Å². The molecule has 1 aromatic carbocycles. The molecule has 0 heterocycles. The summed E-state index contributed by atoms with van der Waals surface area (Å²) in [5.74, 6) is -0.302. The van der Waals surface area contributed by atoms with Gasteiger partial charge in [-0.2, -0.15) is 0 Å². The smallest absolute Gasteiger partial charge is 0.334 e. The summed E-state index contributed by atoms with van der Waals surface area (Å²) in [4.78, 5) is 11.4. The van der Waals surface area contributed by atoms with Gasteiger partial charge < -0.3 is 9.47 Å². The molecule has 4 heteroatoms. The minimum atomic E-state index is -0.464. The van der Waals surface area contributed by atoms with Gasteiger partial charge in [-0.25, -0.2) is 4.79 Å². The summed E-state index contributed by atoms with van der Waals surface area (Å²) in [5.41, 5.74) is 1.04. The van der Waals surface area contributed by atoms with E-state index >= 15 is 0 Å². The number of hydrogen-bond acceptors (Lipinski definition) is 3. The summed E-state index contributed by atoms with van der Waals surface area (Å²) < 4.78 is 11.3. The van der Waals surface area contributed by atoms with Crippen LogP contribution in [0.25, 0.3) is 0 Å². The molecule has 0 N–H and O–H groups in total. The fraction of sp³-hybridized carbons (Fsp3) is 0.462. The van der Waals surface area contributed by atoms with Crippen molar-refractivity contribution in [3.8, 4) is 0 Å². The fourth-order valence-corrected chi connectivity index (χ4v) is 1.70. The molecule has 17 heavy (non-hydrogen) atoms. The van der Waals surface area contributed by atoms with Crippen molar-refractivity contribution < 1.29 is 14.3 Å². The number of rotatable bonds is 6. The topological polar surface area (TPSA) is 35.5 Å². The van der Waals surface area contributed by atoms with Crippen LogP contribution in [0.2, 0.25) is 0 Å². The van der Waals surface area contributed by atoms with Gasteiger partial charge in [0.1, 0.15) is 0 Å². The Balaban J connectivity index is 2.51. The summed E-state index contributed by atoms with van der Waals surface area (Å²) in [5, 5.41) is 0. The number of benzene rings is 1. The van der Waals surface area contributed by atoms with Gasteiger partial charge in [0.2, 0.25) is 0 Å². The lowest BCUT2D eigenvalue weighted by Gasteiger charge is -2.14. The minimum absolute atomic E-state index is 0.302. The molecule has 0 bridgehead atoms. The van der Waals surface area contributed by atoms with Crippen molar-refractivity contribution in [1.29, 1.82) is 0 Å². The number of esters is 1. The third-order valence-electron chi connectivity index (χ3n) is 2.38. The van der Waals surface area contributed by atoms with Crippen molar-refractivity contribution in [1.82, 2.24) is 0 Å². The van der Waals surface area contributed by atoms with E-state index in [-0.39, 0.29) is 5.97 Å². The van der Waals surface area contributed by atoms with Crippen LogP contribution >= 0.6 is 15.9 Å². The first-order chi connectivity index (χ1) is 8.17. The molecular formula is C13H17BrO3. The number of methoxy groups -OCH3 is 1. The van der Waals surface area contributed by atoms with E-state index in [0.29, 0.717) is 13.0 Å². The second-order valence-corrected chi connectivity index (χ2v) is 4.65. The van der Waals surface area contributed by atoms with Crippen LogP contribution in [0.4, 0.5) is 0 Å². The van der Waals surface area contributed by atoms with Gasteiger partial charge in [0.25, 0.3) is 0 Å². The van der Waals surface area contributed by atoms with E-state index in [4.69, 9.17) is 9.47 Å². The highest BCUT2D eigenvalue weighted by atomic mass is 79.9. The molecule has 0 spiro atoms. The van der Waals surface area contributed by atoms with E-state index in [0.717, 1.165) is 16.5 Å². The number of ether oxygens (including phenoxy) is 2. The molecular weight excluding hydrogens is 284 g/mol.